The largest absolute Gasteiger partial charge is 0.353 e. The first-order valence-corrected chi connectivity index (χ1v) is 9.30. The average molecular weight is 361 g/mol. The van der Waals surface area contributed by atoms with Crippen LogP contribution in [0.1, 0.15) is 25.8 Å². The summed E-state index contributed by atoms with van der Waals surface area (Å²) >= 11 is 1.62. The first kappa shape index (κ1) is 17.6. The highest BCUT2D eigenvalue weighted by Crippen LogP contribution is 2.25. The van der Waals surface area contributed by atoms with Gasteiger partial charge in [0, 0.05) is 31.2 Å². The predicted octanol–water partition coefficient (Wildman–Crippen LogP) is 1.35. The fraction of sp³-hybridized carbons (Fsp3) is 0.471. The van der Waals surface area contributed by atoms with Crippen molar-refractivity contribution >= 4 is 23.2 Å². The second kappa shape index (κ2) is 7.79. The van der Waals surface area contributed by atoms with E-state index in [1.165, 1.54) is 0 Å². The number of H-pyrrole nitrogens is 1. The molecule has 0 aromatic carbocycles. The highest BCUT2D eigenvalue weighted by molar-refractivity contribution is 7.13. The van der Waals surface area contributed by atoms with Crippen LogP contribution in [0.5, 0.6) is 0 Å². The molecule has 1 aliphatic heterocycles. The maximum Gasteiger partial charge on any atom is 0.237 e. The van der Waals surface area contributed by atoms with E-state index >= 15 is 0 Å². The van der Waals surface area contributed by atoms with Crippen molar-refractivity contribution in [2.75, 3.05) is 13.1 Å². The van der Waals surface area contributed by atoms with Crippen LogP contribution in [-0.2, 0) is 16.1 Å². The Morgan fingerprint density at radius 1 is 1.52 bits per heavy atom. The van der Waals surface area contributed by atoms with Gasteiger partial charge >= 0.3 is 0 Å². The second-order valence-electron chi connectivity index (χ2n) is 6.37. The number of carbonyl (C=O) groups is 2. The first-order valence-electron chi connectivity index (χ1n) is 8.42. The maximum absolute atomic E-state index is 12.4. The van der Waals surface area contributed by atoms with E-state index in [1.54, 1.807) is 17.5 Å². The topological polar surface area (TPSA) is 90.1 Å². The Kier molecular flexibility index (Phi) is 5.50. The van der Waals surface area contributed by atoms with E-state index in [0.717, 1.165) is 22.7 Å². The Labute approximate surface area is 150 Å². The third kappa shape index (κ3) is 4.08. The van der Waals surface area contributed by atoms with E-state index in [9.17, 15) is 9.59 Å². The number of rotatable bonds is 6. The summed E-state index contributed by atoms with van der Waals surface area (Å²) in [6, 6.07) is 3.81. The number of thiophene rings is 1. The van der Waals surface area contributed by atoms with E-state index in [-0.39, 0.29) is 24.3 Å². The fourth-order valence-electron chi connectivity index (χ4n) is 3.08. The molecule has 25 heavy (non-hydrogen) atoms. The lowest BCUT2D eigenvalue weighted by atomic mass is 10.1. The highest BCUT2D eigenvalue weighted by Gasteiger charge is 2.32. The molecule has 7 nitrogen and oxygen atoms in total. The number of hydrogen-bond donors (Lipinski definition) is 3. The van der Waals surface area contributed by atoms with Gasteiger partial charge in [0.1, 0.15) is 0 Å². The molecule has 2 amide bonds. The van der Waals surface area contributed by atoms with Gasteiger partial charge in [-0.2, -0.15) is 5.10 Å². The van der Waals surface area contributed by atoms with Gasteiger partial charge in [0.15, 0.2) is 0 Å². The molecule has 3 heterocycles. The summed E-state index contributed by atoms with van der Waals surface area (Å²) in [5.41, 5.74) is 1.86. The molecule has 1 fully saturated rings. The van der Waals surface area contributed by atoms with Crippen LogP contribution in [0.4, 0.5) is 0 Å². The number of nitrogens with zero attached hydrogens (tertiary/aromatic N) is 2. The monoisotopic (exact) mass is 361 g/mol. The summed E-state index contributed by atoms with van der Waals surface area (Å²) < 4.78 is 0. The molecule has 0 spiro atoms. The van der Waals surface area contributed by atoms with Crippen molar-refractivity contribution in [3.05, 3.63) is 29.3 Å². The molecule has 3 N–H and O–H groups in total. The van der Waals surface area contributed by atoms with Gasteiger partial charge < -0.3 is 10.6 Å². The first-order chi connectivity index (χ1) is 12.1. The van der Waals surface area contributed by atoms with E-state index in [1.807, 2.05) is 31.4 Å². The Morgan fingerprint density at radius 3 is 3.08 bits per heavy atom. The number of aromatic amines is 1. The van der Waals surface area contributed by atoms with Gasteiger partial charge in [-0.25, -0.2) is 0 Å². The van der Waals surface area contributed by atoms with Gasteiger partial charge in [0.25, 0.3) is 0 Å². The van der Waals surface area contributed by atoms with Crippen LogP contribution in [0, 0.1) is 0 Å². The summed E-state index contributed by atoms with van der Waals surface area (Å²) in [4.78, 5) is 27.7. The van der Waals surface area contributed by atoms with Crippen LogP contribution < -0.4 is 10.6 Å². The fourth-order valence-corrected chi connectivity index (χ4v) is 3.84. The van der Waals surface area contributed by atoms with Gasteiger partial charge in [-0.15, -0.1) is 11.3 Å². The van der Waals surface area contributed by atoms with Gasteiger partial charge in [0.05, 0.1) is 29.2 Å². The third-order valence-electron chi connectivity index (χ3n) is 4.38. The molecule has 1 aliphatic rings. The van der Waals surface area contributed by atoms with Crippen LogP contribution in [0.2, 0.25) is 0 Å². The van der Waals surface area contributed by atoms with Crippen molar-refractivity contribution < 1.29 is 9.59 Å². The molecule has 1 saturated heterocycles. The third-order valence-corrected chi connectivity index (χ3v) is 5.26. The average Bonchev–Trinajstić information content (AvgIpc) is 3.25. The standard InChI is InChI=1S/C17H23N5O2S/c1-11(2)22-6-5-18-17(24)13(22)8-15(23)19-9-12-10-20-21-16(12)14-4-3-7-25-14/h3-4,7,10-11,13H,5-6,8-9H2,1-2H3,(H,18,24)(H,19,23)(H,20,21)/t13-/m0/s1. The van der Waals surface area contributed by atoms with E-state index in [4.69, 9.17) is 0 Å². The molecular weight excluding hydrogens is 338 g/mol. The summed E-state index contributed by atoms with van der Waals surface area (Å²) in [5.74, 6) is -0.205. The minimum absolute atomic E-state index is 0.0716. The van der Waals surface area contributed by atoms with Crippen LogP contribution in [-0.4, -0.2) is 52.1 Å². The van der Waals surface area contributed by atoms with Gasteiger partial charge in [0.2, 0.25) is 11.8 Å². The van der Waals surface area contributed by atoms with Crippen molar-refractivity contribution in [2.45, 2.75) is 38.9 Å². The minimum atomic E-state index is -0.408. The lowest BCUT2D eigenvalue weighted by Gasteiger charge is -2.37. The van der Waals surface area contributed by atoms with Gasteiger partial charge in [-0.3, -0.25) is 19.6 Å². The maximum atomic E-state index is 12.4. The quantitative estimate of drug-likeness (QED) is 0.724. The Hall–Kier alpha value is -2.19. The number of aromatic nitrogens is 2. The molecule has 0 aliphatic carbocycles. The number of amides is 2. The van der Waals surface area contributed by atoms with Crippen LogP contribution in [0.3, 0.4) is 0 Å². The van der Waals surface area contributed by atoms with Gasteiger partial charge in [-0.1, -0.05) is 6.07 Å². The molecule has 0 saturated carbocycles. The van der Waals surface area contributed by atoms with E-state index in [0.29, 0.717) is 13.1 Å². The molecule has 0 radical (unpaired) electrons. The molecule has 3 rings (SSSR count). The van der Waals surface area contributed by atoms with Crippen LogP contribution >= 0.6 is 11.3 Å². The zero-order valence-electron chi connectivity index (χ0n) is 14.4. The number of hydrogen-bond acceptors (Lipinski definition) is 5. The zero-order valence-corrected chi connectivity index (χ0v) is 15.2. The van der Waals surface area contributed by atoms with Crippen LogP contribution in [0.25, 0.3) is 10.6 Å². The lowest BCUT2D eigenvalue weighted by molar-refractivity contribution is -0.134. The Morgan fingerprint density at radius 2 is 2.36 bits per heavy atom. The van der Waals surface area contributed by atoms with Crippen molar-refractivity contribution in [1.29, 1.82) is 0 Å². The van der Waals surface area contributed by atoms with Crippen molar-refractivity contribution in [3.8, 4) is 10.6 Å². The molecule has 0 unspecified atom stereocenters. The summed E-state index contributed by atoms with van der Waals surface area (Å²) in [6.45, 7) is 5.88. The molecule has 0 bridgehead atoms. The molecule has 1 atom stereocenters. The smallest absolute Gasteiger partial charge is 0.237 e. The van der Waals surface area contributed by atoms with E-state index in [2.05, 4.69) is 25.7 Å². The summed E-state index contributed by atoms with van der Waals surface area (Å²) in [5, 5.41) is 14.8. The van der Waals surface area contributed by atoms with Crippen molar-refractivity contribution in [1.82, 2.24) is 25.7 Å². The molecular formula is C17H23N5O2S. The Balaban J connectivity index is 1.60. The van der Waals surface area contributed by atoms with Crippen LogP contribution in [0.15, 0.2) is 23.7 Å². The predicted molar refractivity (Wildman–Crippen MR) is 97.0 cm³/mol. The van der Waals surface area contributed by atoms with Crippen molar-refractivity contribution in [3.63, 3.8) is 0 Å². The zero-order chi connectivity index (χ0) is 17.8. The summed E-state index contributed by atoms with van der Waals surface area (Å²) in [7, 11) is 0. The normalized spacial score (nSPS) is 18.4. The highest BCUT2D eigenvalue weighted by atomic mass is 32.1. The molecule has 2 aromatic heterocycles. The van der Waals surface area contributed by atoms with Gasteiger partial charge in [-0.05, 0) is 25.3 Å². The molecule has 8 heteroatoms. The SMILES string of the molecule is CC(C)N1CCNC(=O)[C@@H]1CC(=O)NCc1cn[nH]c1-c1cccs1. The van der Waals surface area contributed by atoms with Crippen molar-refractivity contribution in [2.24, 2.45) is 0 Å². The van der Waals surface area contributed by atoms with E-state index < -0.39 is 6.04 Å². The second-order valence-corrected chi connectivity index (χ2v) is 7.31. The molecule has 134 valence electrons. The Bertz CT molecular complexity index is 725. The lowest BCUT2D eigenvalue weighted by Crippen LogP contribution is -2.58. The minimum Gasteiger partial charge on any atom is -0.353 e. The molecule has 2 aromatic rings. The number of nitrogens with one attached hydrogen (secondary N) is 3. The summed E-state index contributed by atoms with van der Waals surface area (Å²) in [6.07, 6.45) is 1.89. The number of carbonyl (C=O) groups excluding carboxylic acids is 2. The number of piperazine rings is 1.